The number of Topliss-reactive ketones (excluding diaryl/α,β-unsaturated/α-hetero) is 4. The van der Waals surface area contributed by atoms with E-state index in [0.29, 0.717) is 0 Å². The van der Waals surface area contributed by atoms with Crippen molar-refractivity contribution in [3.05, 3.63) is 119 Å². The van der Waals surface area contributed by atoms with Crippen molar-refractivity contribution in [1.82, 2.24) is 0 Å². The number of ketones is 4. The molecular formula is C42H36FeO4P2. The molecule has 4 nitrogen and oxygen atoms in total. The van der Waals surface area contributed by atoms with Crippen LogP contribution in [0, 0.1) is 0 Å². The topological polar surface area (TPSA) is 68.3 Å². The zero-order valence-electron chi connectivity index (χ0n) is 27.7. The summed E-state index contributed by atoms with van der Waals surface area (Å²) in [5.74, 6) is 0.371. The Balaban J connectivity index is 1.16. The van der Waals surface area contributed by atoms with Crippen LogP contribution in [0.4, 0.5) is 0 Å². The van der Waals surface area contributed by atoms with Crippen LogP contribution in [0.2, 0.25) is 38.5 Å². The normalized spacial score (nSPS) is 50.3. The van der Waals surface area contributed by atoms with Gasteiger partial charge in [0, 0.05) is 0 Å². The number of hydrogen-bond donors (Lipinski definition) is 0. The number of rotatable bonds is 10. The summed E-state index contributed by atoms with van der Waals surface area (Å²) >= 11 is 0. The molecule has 0 aliphatic carbocycles. The van der Waals surface area contributed by atoms with Crippen molar-refractivity contribution in [2.24, 2.45) is 0 Å². The monoisotopic (exact) mass is 722 g/mol. The summed E-state index contributed by atoms with van der Waals surface area (Å²) in [5.41, 5.74) is 3.26. The van der Waals surface area contributed by atoms with Gasteiger partial charge in [-0.3, -0.25) is 0 Å². The Morgan fingerprint density at radius 1 is 0.429 bits per heavy atom. The van der Waals surface area contributed by atoms with Crippen molar-refractivity contribution in [3.8, 4) is 0 Å². The van der Waals surface area contributed by atoms with E-state index in [9.17, 15) is 19.2 Å². The maximum atomic E-state index is 13.6. The van der Waals surface area contributed by atoms with Crippen molar-refractivity contribution in [3.63, 3.8) is 0 Å². The summed E-state index contributed by atoms with van der Waals surface area (Å²) < 4.78 is 0.246. The molecule has 0 aromatic heterocycles. The first-order valence-corrected chi connectivity index (χ1v) is 26.5. The van der Waals surface area contributed by atoms with Gasteiger partial charge in [-0.1, -0.05) is 0 Å². The van der Waals surface area contributed by atoms with Crippen LogP contribution in [0.15, 0.2) is 97.1 Å². The van der Waals surface area contributed by atoms with Crippen LogP contribution in [0.5, 0.6) is 0 Å². The second kappa shape index (κ2) is 4.70. The van der Waals surface area contributed by atoms with Crippen LogP contribution in [-0.2, 0) is 6.51 Å². The van der Waals surface area contributed by atoms with Crippen molar-refractivity contribution < 1.29 is 25.7 Å². The average Bonchev–Trinajstić information content (AvgIpc) is 4.05. The first kappa shape index (κ1) is 26.7. The molecule has 4 aromatic rings. The molecule has 0 bridgehead atoms. The third-order valence-electron chi connectivity index (χ3n) is 21.5. The van der Waals surface area contributed by atoms with Gasteiger partial charge in [-0.25, -0.2) is 0 Å². The summed E-state index contributed by atoms with van der Waals surface area (Å²) in [4.78, 5) is 61.4. The summed E-state index contributed by atoms with van der Waals surface area (Å²) in [7, 11) is -2.16. The molecule has 14 rings (SSSR count). The molecule has 4 atom stereocenters. The first-order chi connectivity index (χ1) is 23.4. The summed E-state index contributed by atoms with van der Waals surface area (Å²) in [5, 5.41) is 4.73. The Hall–Kier alpha value is -3.06. The van der Waals surface area contributed by atoms with Crippen LogP contribution in [-0.4, -0.2) is 31.2 Å². The molecule has 4 aromatic carbocycles. The molecule has 7 heteroatoms. The summed E-state index contributed by atoms with van der Waals surface area (Å²) in [6, 6.07) is 33.5. The molecule has 0 amide bonds. The van der Waals surface area contributed by atoms with Gasteiger partial charge in [-0.05, 0) is 0 Å². The van der Waals surface area contributed by atoms with Crippen LogP contribution in [0.3, 0.4) is 0 Å². The number of fused-ring (bicyclic) bond motifs is 10. The van der Waals surface area contributed by atoms with Gasteiger partial charge < -0.3 is 0 Å². The van der Waals surface area contributed by atoms with E-state index in [4.69, 9.17) is 0 Å². The SMILES string of the molecule is CC(=O)c1ccccc1P(c1ccccc1C(C)=O)[C]12[CH]3[CH]4[CH]5[C]1(P(c1ccccc1C(C)=O)c1ccccc1C(C)=O)[Fe]43521678[CH]2[CH]1[CH]6[CH]7[CH]28. The second-order valence-corrected chi connectivity index (χ2v) is 47.3. The van der Waals surface area contributed by atoms with Crippen LogP contribution >= 0.6 is 15.8 Å². The Morgan fingerprint density at radius 2 is 0.673 bits per heavy atom. The Bertz CT molecular complexity index is 2530. The number of hydrogen-bond acceptors (Lipinski definition) is 4. The summed E-state index contributed by atoms with van der Waals surface area (Å²) in [6.45, 7) is 2.22. The first-order valence-electron chi connectivity index (χ1n) is 17.6. The van der Waals surface area contributed by atoms with E-state index in [-0.39, 0.29) is 31.2 Å². The average molecular weight is 723 g/mol. The van der Waals surface area contributed by atoms with Crippen molar-refractivity contribution in [2.45, 2.75) is 74.3 Å². The zero-order chi connectivity index (χ0) is 33.3. The third-order valence-corrected chi connectivity index (χ3v) is 78.6. The van der Waals surface area contributed by atoms with E-state index in [1.807, 2.05) is 48.5 Å². The van der Waals surface area contributed by atoms with E-state index < -0.39 is 22.4 Å². The molecule has 10 aliphatic heterocycles. The maximum absolute atomic E-state index is 13.6. The van der Waals surface area contributed by atoms with Crippen molar-refractivity contribution in [1.29, 1.82) is 0 Å². The molecular weight excluding hydrogens is 686 g/mol. The molecule has 10 heterocycles. The fourth-order valence-electron chi connectivity index (χ4n) is 22.4. The standard InChI is InChI=1S/C37H31O4P2.C5H5.Fe/c1-24(38)28-14-5-9-18-32(28)42(33-19-10-6-15-29(33)25(2)39)36-22-13-23-37(36)43(34-20-11-7-16-30(34)26(3)40)35-21-12-8-17-31(35)27(4)41;1-2-4-5-3-1;/h5-23H,1-4H3;1-5H;. The number of benzene rings is 4. The van der Waals surface area contributed by atoms with Crippen LogP contribution in [0.1, 0.15) is 69.1 Å². The molecule has 10 fully saturated rings. The number of carbonyl (C=O) groups is 4. The second-order valence-electron chi connectivity index (χ2n) is 18.6. The molecule has 1 spiro atoms. The van der Waals surface area contributed by atoms with Gasteiger partial charge in [-0.15, -0.1) is 0 Å². The van der Waals surface area contributed by atoms with E-state index in [0.717, 1.165) is 60.8 Å². The minimum atomic E-state index is -4.60. The third kappa shape index (κ3) is 0.852. The molecule has 0 radical (unpaired) electrons. The van der Waals surface area contributed by atoms with Crippen molar-refractivity contribution in [2.75, 3.05) is 0 Å². The Kier molecular flexibility index (Phi) is 2.56. The van der Waals surface area contributed by atoms with Gasteiger partial charge in [0.25, 0.3) is 0 Å². The molecule has 10 saturated heterocycles. The van der Waals surface area contributed by atoms with Crippen LogP contribution < -0.4 is 21.2 Å². The van der Waals surface area contributed by atoms with E-state index >= 15 is 0 Å². The van der Waals surface area contributed by atoms with Crippen LogP contribution in [0.25, 0.3) is 0 Å². The molecule has 4 unspecified atom stereocenters. The summed E-state index contributed by atoms with van der Waals surface area (Å²) in [6.07, 6.45) is 0. The van der Waals surface area contributed by atoms with Gasteiger partial charge in [0.2, 0.25) is 0 Å². The van der Waals surface area contributed by atoms with Gasteiger partial charge in [0.1, 0.15) is 0 Å². The number of carbonyl (C=O) groups excluding carboxylic acids is 4. The molecule has 0 N–H and O–H groups in total. The van der Waals surface area contributed by atoms with Gasteiger partial charge in [-0.2, -0.15) is 0 Å². The van der Waals surface area contributed by atoms with Gasteiger partial charge in [0.15, 0.2) is 0 Å². The van der Waals surface area contributed by atoms with E-state index in [2.05, 4.69) is 48.5 Å². The predicted molar refractivity (Wildman–Crippen MR) is 194 cm³/mol. The predicted octanol–water partition coefficient (Wildman–Crippen LogP) is 8.27. The Labute approximate surface area is 278 Å². The van der Waals surface area contributed by atoms with Crippen molar-refractivity contribution >= 4 is 60.2 Å². The minimum absolute atomic E-state index is 0.0928. The van der Waals surface area contributed by atoms with E-state index in [1.165, 1.54) is 21.2 Å². The van der Waals surface area contributed by atoms with E-state index in [1.54, 1.807) is 27.7 Å². The quantitative estimate of drug-likeness (QED) is 0.0940. The van der Waals surface area contributed by atoms with Gasteiger partial charge in [0.05, 0.1) is 0 Å². The molecule has 0 saturated carbocycles. The fourth-order valence-corrected chi connectivity index (χ4v) is 128. The molecule has 49 heavy (non-hydrogen) atoms. The fraction of sp³-hybridized carbons (Fsp3) is 0.333. The molecule has 10 aliphatic rings. The molecule has 246 valence electrons. The zero-order valence-corrected chi connectivity index (χ0v) is 30.6. The Morgan fingerprint density at radius 3 is 0.878 bits per heavy atom. The van der Waals surface area contributed by atoms with Gasteiger partial charge >= 0.3 is 280 Å².